The molecular formula is C11H16N2OS3. The van der Waals surface area contributed by atoms with E-state index in [0.717, 1.165) is 17.2 Å². The van der Waals surface area contributed by atoms with E-state index in [4.69, 9.17) is 5.73 Å². The largest absolute Gasteiger partial charge is 0.353 e. The summed E-state index contributed by atoms with van der Waals surface area (Å²) < 4.78 is 0. The minimum absolute atomic E-state index is 0.0661. The Labute approximate surface area is 114 Å². The number of amides is 1. The van der Waals surface area contributed by atoms with E-state index in [9.17, 15) is 4.79 Å². The number of carbonyl (C=O) groups is 1. The van der Waals surface area contributed by atoms with Crippen LogP contribution in [0.3, 0.4) is 0 Å². The van der Waals surface area contributed by atoms with Crippen molar-refractivity contribution in [3.8, 4) is 0 Å². The van der Waals surface area contributed by atoms with Gasteiger partial charge in [0.05, 0.1) is 0 Å². The second kappa shape index (κ2) is 6.68. The number of hydrogen-bond donors (Lipinski definition) is 2. The number of rotatable bonds is 4. The van der Waals surface area contributed by atoms with Gasteiger partial charge in [-0.15, -0.1) is 11.3 Å². The average Bonchev–Trinajstić information content (AvgIpc) is 2.90. The zero-order valence-electron chi connectivity index (χ0n) is 9.43. The van der Waals surface area contributed by atoms with Crippen LogP contribution in [-0.4, -0.2) is 35.0 Å². The lowest BCUT2D eigenvalue weighted by molar-refractivity contribution is -0.122. The lowest BCUT2D eigenvalue weighted by Crippen LogP contribution is -2.38. The van der Waals surface area contributed by atoms with Gasteiger partial charge in [0.15, 0.2) is 0 Å². The third-order valence-corrected chi connectivity index (χ3v) is 6.32. The second-order valence-electron chi connectivity index (χ2n) is 3.81. The van der Waals surface area contributed by atoms with Gasteiger partial charge in [-0.05, 0) is 11.4 Å². The molecule has 94 valence electrons. The zero-order valence-corrected chi connectivity index (χ0v) is 11.9. The van der Waals surface area contributed by atoms with Crippen LogP contribution < -0.4 is 11.1 Å². The standard InChI is InChI=1S/C11H16N2OS3/c12-10(9-2-1-3-17-9)11(14)13-6-8-7-15-4-5-16-8/h1-3,8,10H,4-7,12H2,(H,13,14). The highest BCUT2D eigenvalue weighted by Crippen LogP contribution is 2.23. The normalized spacial score (nSPS) is 22.1. The molecule has 3 N–H and O–H groups in total. The molecule has 1 saturated heterocycles. The molecule has 6 heteroatoms. The molecule has 2 heterocycles. The molecule has 2 rings (SSSR count). The van der Waals surface area contributed by atoms with Crippen LogP contribution in [0.2, 0.25) is 0 Å². The maximum Gasteiger partial charge on any atom is 0.242 e. The molecule has 0 aromatic carbocycles. The molecular weight excluding hydrogens is 272 g/mol. The van der Waals surface area contributed by atoms with Gasteiger partial charge in [0.2, 0.25) is 5.91 Å². The highest BCUT2D eigenvalue weighted by Gasteiger charge is 2.19. The van der Waals surface area contributed by atoms with E-state index in [0.29, 0.717) is 5.25 Å². The van der Waals surface area contributed by atoms with Gasteiger partial charge in [0.25, 0.3) is 0 Å². The first kappa shape index (κ1) is 13.3. The summed E-state index contributed by atoms with van der Waals surface area (Å²) in [6, 6.07) is 3.30. The summed E-state index contributed by atoms with van der Waals surface area (Å²) in [5.41, 5.74) is 5.88. The Bertz CT molecular complexity index is 350. The summed E-state index contributed by atoms with van der Waals surface area (Å²) >= 11 is 5.43. The van der Waals surface area contributed by atoms with E-state index in [2.05, 4.69) is 5.32 Å². The molecule has 0 spiro atoms. The molecule has 1 aromatic rings. The first-order valence-corrected chi connectivity index (χ1v) is 8.61. The lowest BCUT2D eigenvalue weighted by Gasteiger charge is -2.21. The SMILES string of the molecule is NC(C(=O)NCC1CSCCS1)c1cccs1. The molecule has 0 aliphatic carbocycles. The van der Waals surface area contributed by atoms with E-state index in [1.54, 1.807) is 0 Å². The van der Waals surface area contributed by atoms with Crippen LogP contribution in [0.1, 0.15) is 10.9 Å². The number of nitrogens with two attached hydrogens (primary N) is 1. The van der Waals surface area contributed by atoms with Crippen molar-refractivity contribution in [3.63, 3.8) is 0 Å². The maximum absolute atomic E-state index is 11.8. The Kier molecular flexibility index (Phi) is 5.21. The molecule has 1 aliphatic rings. The fourth-order valence-corrected chi connectivity index (χ4v) is 4.91. The number of thioether (sulfide) groups is 2. The van der Waals surface area contributed by atoms with Crippen molar-refractivity contribution in [2.75, 3.05) is 23.8 Å². The van der Waals surface area contributed by atoms with Crippen LogP contribution in [-0.2, 0) is 4.79 Å². The van der Waals surface area contributed by atoms with E-state index < -0.39 is 6.04 Å². The molecule has 3 nitrogen and oxygen atoms in total. The minimum atomic E-state index is -0.517. The van der Waals surface area contributed by atoms with Gasteiger partial charge in [0, 0.05) is 33.9 Å². The minimum Gasteiger partial charge on any atom is -0.353 e. The molecule has 0 saturated carbocycles. The molecule has 0 bridgehead atoms. The average molecular weight is 288 g/mol. The fourth-order valence-electron chi connectivity index (χ4n) is 1.58. The topological polar surface area (TPSA) is 55.1 Å². The van der Waals surface area contributed by atoms with Crippen LogP contribution in [0.5, 0.6) is 0 Å². The lowest BCUT2D eigenvalue weighted by atomic mass is 10.2. The number of nitrogens with one attached hydrogen (secondary N) is 1. The Morgan fingerprint density at radius 2 is 2.47 bits per heavy atom. The first-order valence-electron chi connectivity index (χ1n) is 5.53. The second-order valence-corrected chi connectivity index (χ2v) is 7.34. The van der Waals surface area contributed by atoms with Crippen molar-refractivity contribution in [3.05, 3.63) is 22.4 Å². The fraction of sp³-hybridized carbons (Fsp3) is 0.545. The van der Waals surface area contributed by atoms with Crippen LogP contribution >= 0.6 is 34.9 Å². The van der Waals surface area contributed by atoms with Crippen molar-refractivity contribution >= 4 is 40.8 Å². The quantitative estimate of drug-likeness (QED) is 0.885. The highest BCUT2D eigenvalue weighted by atomic mass is 32.2. The molecule has 2 unspecified atom stereocenters. The van der Waals surface area contributed by atoms with Crippen molar-refractivity contribution in [1.29, 1.82) is 0 Å². The third kappa shape index (κ3) is 3.91. The van der Waals surface area contributed by atoms with Crippen LogP contribution in [0.15, 0.2) is 17.5 Å². The van der Waals surface area contributed by atoms with Crippen molar-refractivity contribution in [1.82, 2.24) is 5.32 Å². The van der Waals surface area contributed by atoms with E-state index in [-0.39, 0.29) is 5.91 Å². The number of carbonyl (C=O) groups excluding carboxylic acids is 1. The molecule has 0 radical (unpaired) electrons. The first-order chi connectivity index (χ1) is 8.27. The molecule has 1 aliphatic heterocycles. The van der Waals surface area contributed by atoms with E-state index in [1.165, 1.54) is 22.8 Å². The van der Waals surface area contributed by atoms with Gasteiger partial charge in [0.1, 0.15) is 6.04 Å². The Hall–Kier alpha value is -0.170. The third-order valence-electron chi connectivity index (χ3n) is 2.52. The van der Waals surface area contributed by atoms with Crippen molar-refractivity contribution in [2.45, 2.75) is 11.3 Å². The van der Waals surface area contributed by atoms with Gasteiger partial charge in [-0.25, -0.2) is 0 Å². The monoisotopic (exact) mass is 288 g/mol. The van der Waals surface area contributed by atoms with Crippen LogP contribution in [0.25, 0.3) is 0 Å². The molecule has 1 fully saturated rings. The summed E-state index contributed by atoms with van der Waals surface area (Å²) in [5.74, 6) is 3.47. The summed E-state index contributed by atoms with van der Waals surface area (Å²) in [6.07, 6.45) is 0. The summed E-state index contributed by atoms with van der Waals surface area (Å²) in [6.45, 7) is 0.732. The maximum atomic E-state index is 11.8. The Balaban J connectivity index is 1.76. The highest BCUT2D eigenvalue weighted by molar-refractivity contribution is 8.06. The predicted octanol–water partition coefficient (Wildman–Crippen LogP) is 1.71. The van der Waals surface area contributed by atoms with Gasteiger partial charge in [-0.2, -0.15) is 23.5 Å². The summed E-state index contributed by atoms with van der Waals surface area (Å²) in [5, 5.41) is 5.42. The molecule has 1 amide bonds. The Morgan fingerprint density at radius 3 is 3.12 bits per heavy atom. The van der Waals surface area contributed by atoms with Crippen molar-refractivity contribution < 1.29 is 4.79 Å². The van der Waals surface area contributed by atoms with E-state index >= 15 is 0 Å². The van der Waals surface area contributed by atoms with E-state index in [1.807, 2.05) is 41.0 Å². The van der Waals surface area contributed by atoms with Crippen LogP contribution in [0.4, 0.5) is 0 Å². The summed E-state index contributed by atoms with van der Waals surface area (Å²) in [7, 11) is 0. The number of thiophene rings is 1. The van der Waals surface area contributed by atoms with Gasteiger partial charge >= 0.3 is 0 Å². The molecule has 1 aromatic heterocycles. The molecule has 2 atom stereocenters. The predicted molar refractivity (Wildman–Crippen MR) is 77.8 cm³/mol. The van der Waals surface area contributed by atoms with Gasteiger partial charge in [-0.1, -0.05) is 6.07 Å². The van der Waals surface area contributed by atoms with Gasteiger partial charge < -0.3 is 11.1 Å². The van der Waals surface area contributed by atoms with Gasteiger partial charge in [-0.3, -0.25) is 4.79 Å². The van der Waals surface area contributed by atoms with Crippen molar-refractivity contribution in [2.24, 2.45) is 5.73 Å². The summed E-state index contributed by atoms with van der Waals surface area (Å²) in [4.78, 5) is 12.8. The van der Waals surface area contributed by atoms with Crippen LogP contribution in [0, 0.1) is 0 Å². The number of hydrogen-bond acceptors (Lipinski definition) is 5. The smallest absolute Gasteiger partial charge is 0.242 e. The molecule has 17 heavy (non-hydrogen) atoms. The zero-order chi connectivity index (χ0) is 12.1. The Morgan fingerprint density at radius 1 is 1.59 bits per heavy atom.